The second kappa shape index (κ2) is 6.27. The summed E-state index contributed by atoms with van der Waals surface area (Å²) >= 11 is 0. The molecule has 7 heteroatoms. The van der Waals surface area contributed by atoms with Gasteiger partial charge in [-0.1, -0.05) is 6.92 Å². The molecule has 1 saturated heterocycles. The van der Waals surface area contributed by atoms with E-state index in [0.717, 1.165) is 25.2 Å². The van der Waals surface area contributed by atoms with Crippen LogP contribution >= 0.6 is 0 Å². The zero-order valence-corrected chi connectivity index (χ0v) is 12.7. The molecule has 1 fully saturated rings. The van der Waals surface area contributed by atoms with Crippen LogP contribution in [0.5, 0.6) is 0 Å². The number of alkyl halides is 2. The number of hydrogen-bond acceptors (Lipinski definition) is 4. The molecule has 0 saturated carbocycles. The molecule has 21 heavy (non-hydrogen) atoms. The van der Waals surface area contributed by atoms with Crippen molar-refractivity contribution in [2.24, 2.45) is 17.6 Å². The molecule has 2 N–H and O–H groups in total. The molecular formula is C14H20F2N2O2S. The molecule has 0 aliphatic carbocycles. The average Bonchev–Trinajstić information content (AvgIpc) is 2.47. The van der Waals surface area contributed by atoms with E-state index in [1.807, 2.05) is 0 Å². The van der Waals surface area contributed by atoms with Gasteiger partial charge in [-0.25, -0.2) is 8.42 Å². The minimum Gasteiger partial charge on any atom is -0.371 e. The van der Waals surface area contributed by atoms with Gasteiger partial charge < -0.3 is 10.6 Å². The normalized spacial score (nSPS) is 23.6. The van der Waals surface area contributed by atoms with Crippen molar-refractivity contribution in [3.8, 4) is 0 Å². The summed E-state index contributed by atoms with van der Waals surface area (Å²) in [4.78, 5) is 1.78. The van der Waals surface area contributed by atoms with Crippen LogP contribution in [0.15, 0.2) is 29.2 Å². The lowest BCUT2D eigenvalue weighted by Crippen LogP contribution is -2.42. The topological polar surface area (TPSA) is 63.4 Å². The second-order valence-corrected chi connectivity index (χ2v) is 7.43. The molecule has 2 atom stereocenters. The van der Waals surface area contributed by atoms with E-state index in [1.165, 1.54) is 12.1 Å². The molecule has 1 aliphatic rings. The molecule has 2 rings (SSSR count). The number of benzene rings is 1. The number of nitrogens with zero attached hydrogens (tertiary/aromatic N) is 1. The van der Waals surface area contributed by atoms with E-state index in [9.17, 15) is 17.2 Å². The van der Waals surface area contributed by atoms with Gasteiger partial charge in [0.15, 0.2) is 0 Å². The van der Waals surface area contributed by atoms with Crippen LogP contribution in [0.25, 0.3) is 0 Å². The minimum absolute atomic E-state index is 0.345. The van der Waals surface area contributed by atoms with Gasteiger partial charge in [-0.2, -0.15) is 8.78 Å². The maximum absolute atomic E-state index is 12.5. The van der Waals surface area contributed by atoms with Crippen LogP contribution in [0.2, 0.25) is 0 Å². The van der Waals surface area contributed by atoms with E-state index in [4.69, 9.17) is 5.73 Å². The number of hydrogen-bond donors (Lipinski definition) is 1. The third-order valence-corrected chi connectivity index (χ3v) is 5.58. The summed E-state index contributed by atoms with van der Waals surface area (Å²) < 4.78 is 47.7. The number of rotatable bonds is 4. The third-order valence-electron chi connectivity index (χ3n) is 4.18. The zero-order valence-electron chi connectivity index (χ0n) is 11.9. The fourth-order valence-electron chi connectivity index (χ4n) is 2.64. The van der Waals surface area contributed by atoms with Crippen molar-refractivity contribution in [2.45, 2.75) is 24.0 Å². The fraction of sp³-hybridized carbons (Fsp3) is 0.571. The number of sulfone groups is 1. The van der Waals surface area contributed by atoms with Crippen molar-refractivity contribution in [2.75, 3.05) is 24.5 Å². The summed E-state index contributed by atoms with van der Waals surface area (Å²) in [5.41, 5.74) is 6.60. The third kappa shape index (κ3) is 3.35. The van der Waals surface area contributed by atoms with Crippen LogP contribution in [0.1, 0.15) is 13.3 Å². The van der Waals surface area contributed by atoms with Crippen LogP contribution in [-0.2, 0) is 9.84 Å². The first-order chi connectivity index (χ1) is 9.86. The lowest BCUT2D eigenvalue weighted by molar-refractivity contribution is 0.234. The van der Waals surface area contributed by atoms with Crippen LogP contribution in [-0.4, -0.2) is 33.8 Å². The van der Waals surface area contributed by atoms with Crippen LogP contribution in [0.4, 0.5) is 14.5 Å². The Morgan fingerprint density at radius 2 is 1.95 bits per heavy atom. The van der Waals surface area contributed by atoms with Crippen molar-refractivity contribution in [3.63, 3.8) is 0 Å². The lowest BCUT2D eigenvalue weighted by Gasteiger charge is -2.38. The van der Waals surface area contributed by atoms with E-state index < -0.39 is 15.6 Å². The van der Waals surface area contributed by atoms with Gasteiger partial charge in [0.05, 0.1) is 4.90 Å². The van der Waals surface area contributed by atoms with E-state index in [-0.39, 0.29) is 4.90 Å². The molecule has 2 unspecified atom stereocenters. The first kappa shape index (κ1) is 16.2. The van der Waals surface area contributed by atoms with E-state index in [2.05, 4.69) is 11.8 Å². The van der Waals surface area contributed by atoms with E-state index in [1.54, 1.807) is 12.1 Å². The molecule has 0 spiro atoms. The van der Waals surface area contributed by atoms with Gasteiger partial charge >= 0.3 is 5.76 Å². The Morgan fingerprint density at radius 1 is 1.33 bits per heavy atom. The number of nitrogens with two attached hydrogens (primary N) is 1. The van der Waals surface area contributed by atoms with Crippen LogP contribution in [0, 0.1) is 11.8 Å². The average molecular weight is 318 g/mol. The van der Waals surface area contributed by atoms with Crippen LogP contribution in [0.3, 0.4) is 0 Å². The molecule has 0 radical (unpaired) electrons. The Bertz CT molecular complexity index is 575. The Morgan fingerprint density at radius 3 is 2.48 bits per heavy atom. The molecule has 1 aromatic rings. The minimum atomic E-state index is -4.52. The summed E-state index contributed by atoms with van der Waals surface area (Å²) in [7, 11) is -4.52. The Hall–Kier alpha value is -1.21. The number of halogens is 2. The molecule has 4 nitrogen and oxygen atoms in total. The van der Waals surface area contributed by atoms with Gasteiger partial charge in [0.25, 0.3) is 0 Å². The van der Waals surface area contributed by atoms with Gasteiger partial charge in [-0.3, -0.25) is 0 Å². The SMILES string of the molecule is CC1CCN(c2ccc(S(=O)(=O)C(F)F)cc2)CC1CN. The molecule has 0 aromatic heterocycles. The van der Waals surface area contributed by atoms with Gasteiger partial charge in [0, 0.05) is 18.8 Å². The molecule has 0 bridgehead atoms. The summed E-state index contributed by atoms with van der Waals surface area (Å²) in [5.74, 6) is -2.44. The highest BCUT2D eigenvalue weighted by molar-refractivity contribution is 7.91. The maximum atomic E-state index is 12.5. The second-order valence-electron chi connectivity index (χ2n) is 5.51. The van der Waals surface area contributed by atoms with Gasteiger partial charge in [-0.15, -0.1) is 0 Å². The summed E-state index contributed by atoms with van der Waals surface area (Å²) in [6.45, 7) is 4.44. The first-order valence-corrected chi connectivity index (χ1v) is 8.48. The standard InChI is InChI=1S/C14H20F2N2O2S/c1-10-6-7-18(9-11(10)8-17)12-2-4-13(5-3-12)21(19,20)14(15)16/h2-5,10-11,14H,6-9,17H2,1H3. The number of anilines is 1. The predicted octanol–water partition coefficient (Wildman–Crippen LogP) is 2.10. The van der Waals surface area contributed by atoms with Crippen molar-refractivity contribution in [3.05, 3.63) is 24.3 Å². The molecule has 1 aliphatic heterocycles. The molecular weight excluding hydrogens is 298 g/mol. The Kier molecular flexibility index (Phi) is 4.83. The van der Waals surface area contributed by atoms with Crippen molar-refractivity contribution < 1.29 is 17.2 Å². The Balaban J connectivity index is 2.16. The monoisotopic (exact) mass is 318 g/mol. The lowest BCUT2D eigenvalue weighted by atomic mass is 9.87. The van der Waals surface area contributed by atoms with Crippen molar-refractivity contribution >= 4 is 15.5 Å². The molecule has 1 heterocycles. The Labute approximate surface area is 123 Å². The zero-order chi connectivity index (χ0) is 15.6. The van der Waals surface area contributed by atoms with Crippen molar-refractivity contribution in [1.82, 2.24) is 0 Å². The highest BCUT2D eigenvalue weighted by Gasteiger charge is 2.28. The number of piperidine rings is 1. The summed E-state index contributed by atoms with van der Waals surface area (Å²) in [6.07, 6.45) is 1.01. The predicted molar refractivity (Wildman–Crippen MR) is 78.2 cm³/mol. The maximum Gasteiger partial charge on any atom is 0.341 e. The first-order valence-electron chi connectivity index (χ1n) is 6.93. The summed E-state index contributed by atoms with van der Waals surface area (Å²) in [6, 6.07) is 5.65. The molecule has 118 valence electrons. The molecule has 0 amide bonds. The van der Waals surface area contributed by atoms with Gasteiger partial charge in [0.2, 0.25) is 9.84 Å². The van der Waals surface area contributed by atoms with E-state index in [0.29, 0.717) is 18.4 Å². The fourth-order valence-corrected chi connectivity index (χ4v) is 3.36. The van der Waals surface area contributed by atoms with Gasteiger partial charge in [0.1, 0.15) is 0 Å². The van der Waals surface area contributed by atoms with E-state index >= 15 is 0 Å². The summed E-state index contributed by atoms with van der Waals surface area (Å²) in [5, 5.41) is 0. The quantitative estimate of drug-likeness (QED) is 0.923. The largest absolute Gasteiger partial charge is 0.371 e. The molecule has 1 aromatic carbocycles. The highest BCUT2D eigenvalue weighted by Crippen LogP contribution is 2.28. The van der Waals surface area contributed by atoms with Crippen molar-refractivity contribution in [1.29, 1.82) is 0 Å². The van der Waals surface area contributed by atoms with Gasteiger partial charge in [-0.05, 0) is 49.1 Å². The van der Waals surface area contributed by atoms with Crippen LogP contribution < -0.4 is 10.6 Å². The highest BCUT2D eigenvalue weighted by atomic mass is 32.2. The smallest absolute Gasteiger partial charge is 0.341 e.